The third kappa shape index (κ3) is 4.22. The van der Waals surface area contributed by atoms with Crippen LogP contribution in [0.15, 0.2) is 16.5 Å². The molecule has 2 heterocycles. The van der Waals surface area contributed by atoms with E-state index in [1.54, 1.807) is 0 Å². The number of likely N-dealkylation sites (tertiary alicyclic amines) is 1. The molecule has 0 radical (unpaired) electrons. The van der Waals surface area contributed by atoms with Crippen LogP contribution in [0.2, 0.25) is 16.6 Å². The van der Waals surface area contributed by atoms with Crippen molar-refractivity contribution in [3.63, 3.8) is 0 Å². The normalized spacial score (nSPS) is 15.8. The van der Waals surface area contributed by atoms with Gasteiger partial charge < -0.3 is 8.84 Å². The minimum absolute atomic E-state index is 0.0555. The van der Waals surface area contributed by atoms with Crippen molar-refractivity contribution in [2.24, 2.45) is 0 Å². The van der Waals surface area contributed by atoms with Crippen molar-refractivity contribution >= 4 is 20.1 Å². The van der Waals surface area contributed by atoms with E-state index >= 15 is 0 Å². The van der Waals surface area contributed by atoms with E-state index in [1.807, 2.05) is 12.1 Å². The fourth-order valence-electron chi connectivity index (χ4n) is 4.36. The van der Waals surface area contributed by atoms with Crippen molar-refractivity contribution in [2.75, 3.05) is 6.54 Å². The van der Waals surface area contributed by atoms with Crippen LogP contribution in [0.1, 0.15) is 66.6 Å². The lowest BCUT2D eigenvalue weighted by Crippen LogP contribution is -2.50. The van der Waals surface area contributed by atoms with Crippen molar-refractivity contribution in [1.82, 2.24) is 4.90 Å². The minimum atomic E-state index is -2.02. The van der Waals surface area contributed by atoms with Crippen LogP contribution < -0.4 is 4.43 Å². The van der Waals surface area contributed by atoms with Gasteiger partial charge in [0.25, 0.3) is 14.3 Å². The molecule has 1 aromatic heterocycles. The van der Waals surface area contributed by atoms with Crippen LogP contribution in [0, 0.1) is 0 Å². The predicted molar refractivity (Wildman–Crippen MR) is 105 cm³/mol. The second-order valence-corrected chi connectivity index (χ2v) is 13.6. The molecule has 0 spiro atoms. The number of carbonyl (C=O) groups excluding carboxylic acids is 2. The summed E-state index contributed by atoms with van der Waals surface area (Å²) < 4.78 is 12.5. The molecular weight excluding hydrogens is 346 g/mol. The van der Waals surface area contributed by atoms with E-state index in [9.17, 15) is 9.59 Å². The summed E-state index contributed by atoms with van der Waals surface area (Å²) in [6.07, 6.45) is 2.11. The molecule has 0 saturated carbocycles. The van der Waals surface area contributed by atoms with Gasteiger partial charge in [0.1, 0.15) is 5.76 Å². The van der Waals surface area contributed by atoms with Gasteiger partial charge in [-0.2, -0.15) is 0 Å². The van der Waals surface area contributed by atoms with Gasteiger partial charge in [-0.25, -0.2) is 0 Å². The Labute approximate surface area is 158 Å². The monoisotopic (exact) mass is 379 g/mol. The van der Waals surface area contributed by atoms with Crippen LogP contribution in [-0.2, 0) is 16.0 Å². The molecule has 0 atom stereocenters. The highest BCUT2D eigenvalue weighted by atomic mass is 28.4. The molecule has 1 aliphatic rings. The van der Waals surface area contributed by atoms with Crippen LogP contribution in [0.5, 0.6) is 5.95 Å². The number of hydrogen-bond donors (Lipinski definition) is 0. The molecule has 0 aromatic carbocycles. The topological polar surface area (TPSA) is 59.8 Å². The third-order valence-electron chi connectivity index (χ3n) is 5.58. The molecule has 0 bridgehead atoms. The van der Waals surface area contributed by atoms with Crippen LogP contribution in [-0.4, -0.2) is 31.6 Å². The Balaban J connectivity index is 1.98. The van der Waals surface area contributed by atoms with Gasteiger partial charge in [-0.3, -0.25) is 14.5 Å². The first-order valence-corrected chi connectivity index (χ1v) is 11.9. The zero-order valence-corrected chi connectivity index (χ0v) is 18.0. The molecule has 2 amide bonds. The summed E-state index contributed by atoms with van der Waals surface area (Å²) >= 11 is 0. The van der Waals surface area contributed by atoms with Gasteiger partial charge in [0.2, 0.25) is 11.8 Å². The lowest BCUT2D eigenvalue weighted by molar-refractivity contribution is -0.138. The number of aryl methyl sites for hydroxylation is 1. The van der Waals surface area contributed by atoms with Gasteiger partial charge in [0.05, 0.1) is 0 Å². The Bertz CT molecular complexity index is 598. The first kappa shape index (κ1) is 20.7. The van der Waals surface area contributed by atoms with E-state index in [0.717, 1.165) is 5.76 Å². The highest BCUT2D eigenvalue weighted by Crippen LogP contribution is 2.43. The van der Waals surface area contributed by atoms with E-state index in [1.165, 1.54) is 4.90 Å². The van der Waals surface area contributed by atoms with Gasteiger partial charge in [-0.05, 0) is 29.1 Å². The lowest BCUT2D eigenvalue weighted by Gasteiger charge is -2.41. The van der Waals surface area contributed by atoms with Crippen LogP contribution in [0.3, 0.4) is 0 Å². The largest absolute Gasteiger partial charge is 0.518 e. The Hall–Kier alpha value is -1.56. The van der Waals surface area contributed by atoms with Crippen molar-refractivity contribution in [3.05, 3.63) is 17.9 Å². The number of rotatable bonds is 9. The Morgan fingerprint density at radius 2 is 1.54 bits per heavy atom. The second-order valence-electron chi connectivity index (χ2n) is 8.18. The first-order valence-electron chi connectivity index (χ1n) is 9.79. The van der Waals surface area contributed by atoms with Crippen LogP contribution in [0.25, 0.3) is 0 Å². The summed E-state index contributed by atoms with van der Waals surface area (Å²) in [5.41, 5.74) is 1.47. The fourth-order valence-corrected chi connectivity index (χ4v) is 9.52. The van der Waals surface area contributed by atoms with Gasteiger partial charge in [0, 0.05) is 31.9 Å². The van der Waals surface area contributed by atoms with E-state index < -0.39 is 8.32 Å². The van der Waals surface area contributed by atoms with E-state index in [2.05, 4.69) is 41.5 Å². The fraction of sp³-hybridized carbons (Fsp3) is 0.700. The average molecular weight is 380 g/mol. The smallest absolute Gasteiger partial charge is 0.270 e. The lowest BCUT2D eigenvalue weighted by atomic mass is 10.2. The molecule has 1 aliphatic heterocycles. The third-order valence-corrected chi connectivity index (χ3v) is 11.6. The van der Waals surface area contributed by atoms with E-state index in [-0.39, 0.29) is 11.8 Å². The average Bonchev–Trinajstić information content (AvgIpc) is 3.12. The van der Waals surface area contributed by atoms with Gasteiger partial charge in [0.15, 0.2) is 0 Å². The number of amides is 2. The summed E-state index contributed by atoms with van der Waals surface area (Å²) in [7, 11) is -2.02. The van der Waals surface area contributed by atoms with Gasteiger partial charge in [-0.15, -0.1) is 0 Å². The molecule has 6 heteroatoms. The molecule has 1 aromatic rings. The van der Waals surface area contributed by atoms with Crippen molar-refractivity contribution in [3.8, 4) is 5.95 Å². The summed E-state index contributed by atoms with van der Waals surface area (Å²) in [5.74, 6) is 1.34. The zero-order chi connectivity index (χ0) is 19.5. The number of carbonyl (C=O) groups is 2. The number of hydrogen-bond acceptors (Lipinski definition) is 4. The maximum absolute atomic E-state index is 11.6. The molecule has 146 valence electrons. The predicted octanol–water partition coefficient (Wildman–Crippen LogP) is 4.92. The van der Waals surface area contributed by atoms with Crippen molar-refractivity contribution in [2.45, 2.75) is 83.8 Å². The molecule has 1 saturated heterocycles. The summed E-state index contributed by atoms with van der Waals surface area (Å²) in [4.78, 5) is 24.7. The van der Waals surface area contributed by atoms with Gasteiger partial charge in [-0.1, -0.05) is 41.5 Å². The summed E-state index contributed by atoms with van der Waals surface area (Å²) in [6, 6.07) is 3.86. The molecule has 0 aliphatic carbocycles. The summed E-state index contributed by atoms with van der Waals surface area (Å²) in [5, 5.41) is 0. The molecular formula is C20H33NO4Si. The number of nitrogens with zero attached hydrogens (tertiary/aromatic N) is 1. The van der Waals surface area contributed by atoms with E-state index in [4.69, 9.17) is 8.84 Å². The first-order chi connectivity index (χ1) is 12.2. The molecule has 0 unspecified atom stereocenters. The number of furan rings is 1. The molecule has 26 heavy (non-hydrogen) atoms. The van der Waals surface area contributed by atoms with Crippen molar-refractivity contribution < 1.29 is 18.4 Å². The quantitative estimate of drug-likeness (QED) is 0.451. The maximum Gasteiger partial charge on any atom is 0.270 e. The molecule has 5 nitrogen and oxygen atoms in total. The Morgan fingerprint density at radius 1 is 1.00 bits per heavy atom. The van der Waals surface area contributed by atoms with Crippen molar-refractivity contribution in [1.29, 1.82) is 0 Å². The standard InChI is InChI=1S/C20H33NO4Si/c1-14(2)26(15(3)4,16(5)6)25-20-12-9-17(24-20)8-7-13-21-18(22)10-11-19(21)23/h9,12,14-16H,7-8,10-11,13H2,1-6H3. The zero-order valence-electron chi connectivity index (χ0n) is 17.0. The second kappa shape index (κ2) is 8.42. The van der Waals surface area contributed by atoms with Crippen LogP contribution in [0.4, 0.5) is 0 Å². The van der Waals surface area contributed by atoms with Gasteiger partial charge >= 0.3 is 0 Å². The van der Waals surface area contributed by atoms with E-state index in [0.29, 0.717) is 54.8 Å². The highest BCUT2D eigenvalue weighted by Gasteiger charge is 2.47. The summed E-state index contributed by atoms with van der Waals surface area (Å²) in [6.45, 7) is 14.0. The Morgan fingerprint density at radius 3 is 2.04 bits per heavy atom. The highest BCUT2D eigenvalue weighted by molar-refractivity contribution is 6.78. The Kier molecular flexibility index (Phi) is 6.72. The molecule has 2 rings (SSSR count). The molecule has 1 fully saturated rings. The minimum Gasteiger partial charge on any atom is -0.518 e. The molecule has 0 N–H and O–H groups in total. The number of imide groups is 1. The SMILES string of the molecule is CC(C)[Si](Oc1ccc(CCCN2C(=O)CCC2=O)o1)(C(C)C)C(C)C. The van der Waals surface area contributed by atoms with Crippen LogP contribution >= 0.6 is 0 Å². The maximum atomic E-state index is 11.6.